The van der Waals surface area contributed by atoms with E-state index in [4.69, 9.17) is 4.74 Å². The molecule has 0 heterocycles. The van der Waals surface area contributed by atoms with Gasteiger partial charge in [0.1, 0.15) is 18.5 Å². The lowest BCUT2D eigenvalue weighted by atomic mass is 10.2. The number of ether oxygens (including phenoxy) is 1. The summed E-state index contributed by atoms with van der Waals surface area (Å²) in [5.74, 6) is 0.937. The predicted octanol–water partition coefficient (Wildman–Crippen LogP) is 5.93. The van der Waals surface area contributed by atoms with Crippen LogP contribution in [0.2, 0.25) is 0 Å². The van der Waals surface area contributed by atoms with Gasteiger partial charge in [-0.15, -0.1) is 0 Å². The summed E-state index contributed by atoms with van der Waals surface area (Å²) in [6.45, 7) is 0.703. The van der Waals surface area contributed by atoms with E-state index in [-0.39, 0.29) is 0 Å². The van der Waals surface area contributed by atoms with Crippen LogP contribution in [0.1, 0.15) is 5.56 Å². The number of hydrogen-bond donors (Lipinski definition) is 0. The zero-order valence-corrected chi connectivity index (χ0v) is 17.4. The molecule has 2 heteroatoms. The molecule has 0 saturated carbocycles. The SMILES string of the molecule is c1ccc(C[P+](CCOc2ccccc2)(c2ccccc2)c2ccccc2)cc1. The smallest absolute Gasteiger partial charge is 0.122 e. The van der Waals surface area contributed by atoms with Crippen LogP contribution < -0.4 is 15.3 Å². The van der Waals surface area contributed by atoms with Gasteiger partial charge in [-0.2, -0.15) is 0 Å². The highest BCUT2D eigenvalue weighted by Crippen LogP contribution is 2.59. The van der Waals surface area contributed by atoms with Gasteiger partial charge in [-0.05, 0) is 42.0 Å². The molecule has 4 aromatic carbocycles. The maximum atomic E-state index is 6.17. The van der Waals surface area contributed by atoms with Crippen LogP contribution >= 0.6 is 7.26 Å². The molecule has 4 rings (SSSR count). The molecule has 29 heavy (non-hydrogen) atoms. The molecule has 0 unspecified atom stereocenters. The monoisotopic (exact) mass is 397 g/mol. The van der Waals surface area contributed by atoms with Gasteiger partial charge in [-0.25, -0.2) is 0 Å². The Morgan fingerprint density at radius 3 is 1.48 bits per heavy atom. The molecule has 0 aliphatic carbocycles. The second-order valence-electron chi connectivity index (χ2n) is 7.17. The fourth-order valence-electron chi connectivity index (χ4n) is 3.83. The Labute approximate surface area is 174 Å². The summed E-state index contributed by atoms with van der Waals surface area (Å²) in [6, 6.07) is 43.0. The van der Waals surface area contributed by atoms with Gasteiger partial charge < -0.3 is 4.74 Å². The Bertz CT molecular complexity index is 946. The molecule has 4 aromatic rings. The second kappa shape index (κ2) is 9.54. The van der Waals surface area contributed by atoms with E-state index in [1.807, 2.05) is 30.3 Å². The van der Waals surface area contributed by atoms with Crippen molar-refractivity contribution < 1.29 is 4.74 Å². The zero-order valence-electron chi connectivity index (χ0n) is 16.5. The molecule has 0 saturated heterocycles. The van der Waals surface area contributed by atoms with Crippen LogP contribution in [0.25, 0.3) is 0 Å². The third-order valence-corrected chi connectivity index (χ3v) is 9.71. The first-order chi connectivity index (χ1) is 14.4. The van der Waals surface area contributed by atoms with Crippen molar-refractivity contribution in [2.45, 2.75) is 6.16 Å². The Morgan fingerprint density at radius 2 is 0.966 bits per heavy atom. The van der Waals surface area contributed by atoms with Crippen LogP contribution in [-0.4, -0.2) is 12.8 Å². The first-order valence-electron chi connectivity index (χ1n) is 10.1. The van der Waals surface area contributed by atoms with E-state index in [0.717, 1.165) is 18.1 Å². The van der Waals surface area contributed by atoms with Crippen LogP contribution in [0.5, 0.6) is 5.75 Å². The molecule has 0 radical (unpaired) electrons. The molecule has 0 bridgehead atoms. The molecular weight excluding hydrogens is 371 g/mol. The van der Waals surface area contributed by atoms with Gasteiger partial charge >= 0.3 is 0 Å². The minimum atomic E-state index is -1.68. The number of benzene rings is 4. The standard InChI is InChI=1S/C27H26OP/c1-5-13-24(14-6-1)23-29(26-17-9-3-10-18-26,27-19-11-4-12-20-27)22-21-28-25-15-7-2-8-16-25/h1-20H,21-23H2/q+1. The molecule has 0 atom stereocenters. The fourth-order valence-corrected chi connectivity index (χ4v) is 7.89. The molecule has 0 N–H and O–H groups in total. The van der Waals surface area contributed by atoms with Crippen molar-refractivity contribution in [2.75, 3.05) is 12.8 Å². The van der Waals surface area contributed by atoms with Crippen molar-refractivity contribution in [1.29, 1.82) is 0 Å². The third-order valence-electron chi connectivity index (χ3n) is 5.28. The van der Waals surface area contributed by atoms with Gasteiger partial charge in [0.25, 0.3) is 0 Å². The van der Waals surface area contributed by atoms with Crippen LogP contribution in [-0.2, 0) is 6.16 Å². The Kier molecular flexibility index (Phi) is 6.39. The average molecular weight is 397 g/mol. The van der Waals surface area contributed by atoms with E-state index in [1.54, 1.807) is 0 Å². The summed E-state index contributed by atoms with van der Waals surface area (Å²) in [5, 5.41) is 2.87. The molecule has 0 aliphatic rings. The van der Waals surface area contributed by atoms with Crippen molar-refractivity contribution >= 4 is 17.9 Å². The first kappa shape index (κ1) is 19.4. The van der Waals surface area contributed by atoms with Gasteiger partial charge in [0.2, 0.25) is 0 Å². The highest BCUT2D eigenvalue weighted by Gasteiger charge is 2.42. The third kappa shape index (κ3) is 4.75. The fraction of sp³-hybridized carbons (Fsp3) is 0.111. The van der Waals surface area contributed by atoms with Crippen molar-refractivity contribution in [3.8, 4) is 5.75 Å². The maximum Gasteiger partial charge on any atom is 0.122 e. The van der Waals surface area contributed by atoms with Crippen molar-refractivity contribution in [3.63, 3.8) is 0 Å². The van der Waals surface area contributed by atoms with E-state index >= 15 is 0 Å². The average Bonchev–Trinajstić information content (AvgIpc) is 2.81. The highest BCUT2D eigenvalue weighted by molar-refractivity contribution is 7.88. The topological polar surface area (TPSA) is 9.23 Å². The lowest BCUT2D eigenvalue weighted by molar-refractivity contribution is 0.342. The van der Waals surface area contributed by atoms with Gasteiger partial charge in [0.05, 0.1) is 24.0 Å². The first-order valence-corrected chi connectivity index (χ1v) is 12.2. The van der Waals surface area contributed by atoms with E-state index in [0.29, 0.717) is 6.61 Å². The normalized spacial score (nSPS) is 11.2. The minimum absolute atomic E-state index is 0.703. The lowest BCUT2D eigenvalue weighted by Crippen LogP contribution is -2.28. The number of hydrogen-bond acceptors (Lipinski definition) is 1. The van der Waals surface area contributed by atoms with Crippen LogP contribution in [0.15, 0.2) is 121 Å². The van der Waals surface area contributed by atoms with Crippen molar-refractivity contribution in [2.24, 2.45) is 0 Å². The van der Waals surface area contributed by atoms with Gasteiger partial charge in [0.15, 0.2) is 0 Å². The molecule has 144 valence electrons. The molecule has 0 fully saturated rings. The van der Waals surface area contributed by atoms with Gasteiger partial charge in [0, 0.05) is 0 Å². The predicted molar refractivity (Wildman–Crippen MR) is 126 cm³/mol. The molecule has 0 amide bonds. The van der Waals surface area contributed by atoms with Crippen LogP contribution in [0.3, 0.4) is 0 Å². The summed E-state index contributed by atoms with van der Waals surface area (Å²) in [6.07, 6.45) is 2.05. The summed E-state index contributed by atoms with van der Waals surface area (Å²) >= 11 is 0. The molecule has 0 aliphatic heterocycles. The van der Waals surface area contributed by atoms with E-state index in [9.17, 15) is 0 Å². The lowest BCUT2D eigenvalue weighted by Gasteiger charge is -2.28. The molecular formula is C27H26OP+. The second-order valence-corrected chi connectivity index (χ2v) is 10.9. The molecule has 0 spiro atoms. The Morgan fingerprint density at radius 1 is 0.517 bits per heavy atom. The van der Waals surface area contributed by atoms with E-state index in [1.165, 1.54) is 16.2 Å². The van der Waals surface area contributed by atoms with Gasteiger partial charge in [-0.1, -0.05) is 84.9 Å². The minimum Gasteiger partial charge on any atom is -0.490 e. The summed E-state index contributed by atoms with van der Waals surface area (Å²) < 4.78 is 6.17. The number of para-hydroxylation sites is 1. The van der Waals surface area contributed by atoms with E-state index in [2.05, 4.69) is 91.0 Å². The van der Waals surface area contributed by atoms with Crippen molar-refractivity contribution in [1.82, 2.24) is 0 Å². The molecule has 1 nitrogen and oxygen atoms in total. The highest BCUT2D eigenvalue weighted by atomic mass is 31.2. The summed E-state index contributed by atoms with van der Waals surface area (Å²) in [7, 11) is -1.68. The zero-order chi connectivity index (χ0) is 19.8. The van der Waals surface area contributed by atoms with Crippen LogP contribution in [0, 0.1) is 0 Å². The van der Waals surface area contributed by atoms with Gasteiger partial charge in [-0.3, -0.25) is 0 Å². The largest absolute Gasteiger partial charge is 0.490 e. The summed E-state index contributed by atoms with van der Waals surface area (Å²) in [5.41, 5.74) is 1.38. The van der Waals surface area contributed by atoms with Crippen molar-refractivity contribution in [3.05, 3.63) is 127 Å². The number of rotatable bonds is 8. The van der Waals surface area contributed by atoms with E-state index < -0.39 is 7.26 Å². The summed E-state index contributed by atoms with van der Waals surface area (Å²) in [4.78, 5) is 0. The van der Waals surface area contributed by atoms with Crippen LogP contribution in [0.4, 0.5) is 0 Å². The maximum absolute atomic E-state index is 6.17. The Balaban J connectivity index is 1.72. The Hall–Kier alpha value is -2.89. The molecule has 0 aromatic heterocycles. The quantitative estimate of drug-likeness (QED) is 0.335.